The molecule has 0 N–H and O–H groups in total. The maximum Gasteiger partial charge on any atom is 0.128 e. The number of halogens is 1. The Morgan fingerprint density at radius 2 is 2.00 bits per heavy atom. The standard InChI is InChI=1S/C13H14BrN3/c14-13-12-9-16(6-7-17(12)10-15-13)8-11-4-2-1-3-5-11/h1-5,10H,6-9H2. The van der Waals surface area contributed by atoms with E-state index in [1.807, 2.05) is 6.33 Å². The van der Waals surface area contributed by atoms with Gasteiger partial charge < -0.3 is 4.57 Å². The highest BCUT2D eigenvalue weighted by molar-refractivity contribution is 9.10. The Labute approximate surface area is 109 Å². The first kappa shape index (κ1) is 11.0. The highest BCUT2D eigenvalue weighted by Gasteiger charge is 2.18. The minimum atomic E-state index is 0.968. The van der Waals surface area contributed by atoms with Gasteiger partial charge in [0.15, 0.2) is 0 Å². The smallest absolute Gasteiger partial charge is 0.128 e. The van der Waals surface area contributed by atoms with E-state index >= 15 is 0 Å². The summed E-state index contributed by atoms with van der Waals surface area (Å²) in [5.41, 5.74) is 2.66. The van der Waals surface area contributed by atoms with Crippen molar-refractivity contribution >= 4 is 15.9 Å². The lowest BCUT2D eigenvalue weighted by atomic mass is 10.2. The third kappa shape index (κ3) is 2.28. The van der Waals surface area contributed by atoms with Crippen molar-refractivity contribution in [2.24, 2.45) is 0 Å². The summed E-state index contributed by atoms with van der Waals surface area (Å²) in [5, 5.41) is 0. The number of rotatable bonds is 2. The molecule has 3 nitrogen and oxygen atoms in total. The molecule has 0 bridgehead atoms. The lowest BCUT2D eigenvalue weighted by molar-refractivity contribution is 0.212. The van der Waals surface area contributed by atoms with E-state index < -0.39 is 0 Å². The second-order valence-corrected chi connectivity index (χ2v) is 5.12. The van der Waals surface area contributed by atoms with Gasteiger partial charge in [-0.15, -0.1) is 0 Å². The van der Waals surface area contributed by atoms with Crippen LogP contribution < -0.4 is 0 Å². The van der Waals surface area contributed by atoms with E-state index in [0.717, 1.165) is 30.8 Å². The predicted molar refractivity (Wildman–Crippen MR) is 70.5 cm³/mol. The van der Waals surface area contributed by atoms with Crippen LogP contribution in [0.1, 0.15) is 11.3 Å². The highest BCUT2D eigenvalue weighted by Crippen LogP contribution is 2.21. The van der Waals surface area contributed by atoms with E-state index in [2.05, 4.69) is 60.7 Å². The molecule has 3 rings (SSSR count). The zero-order chi connectivity index (χ0) is 11.7. The molecule has 4 heteroatoms. The predicted octanol–water partition coefficient (Wildman–Crippen LogP) is 2.66. The molecule has 0 unspecified atom stereocenters. The Balaban J connectivity index is 1.74. The van der Waals surface area contributed by atoms with Crippen molar-refractivity contribution in [2.75, 3.05) is 6.54 Å². The number of imidazole rings is 1. The van der Waals surface area contributed by atoms with E-state index in [9.17, 15) is 0 Å². The van der Waals surface area contributed by atoms with Gasteiger partial charge >= 0.3 is 0 Å². The highest BCUT2D eigenvalue weighted by atomic mass is 79.9. The molecule has 0 saturated heterocycles. The van der Waals surface area contributed by atoms with Crippen molar-refractivity contribution in [3.05, 3.63) is 52.5 Å². The summed E-state index contributed by atoms with van der Waals surface area (Å²) in [5.74, 6) is 0. The third-order valence-electron chi connectivity index (χ3n) is 3.17. The van der Waals surface area contributed by atoms with Crippen LogP contribution in [0.5, 0.6) is 0 Å². The van der Waals surface area contributed by atoms with Crippen LogP contribution in [0.3, 0.4) is 0 Å². The lowest BCUT2D eigenvalue weighted by Gasteiger charge is -2.28. The molecule has 0 amide bonds. The van der Waals surface area contributed by atoms with Crippen molar-refractivity contribution in [2.45, 2.75) is 19.6 Å². The van der Waals surface area contributed by atoms with Crippen molar-refractivity contribution < 1.29 is 0 Å². The van der Waals surface area contributed by atoms with E-state index in [-0.39, 0.29) is 0 Å². The summed E-state index contributed by atoms with van der Waals surface area (Å²) in [7, 11) is 0. The zero-order valence-electron chi connectivity index (χ0n) is 9.51. The second kappa shape index (κ2) is 4.63. The lowest BCUT2D eigenvalue weighted by Crippen LogP contribution is -2.32. The average molecular weight is 292 g/mol. The van der Waals surface area contributed by atoms with Crippen molar-refractivity contribution in [1.82, 2.24) is 14.5 Å². The van der Waals surface area contributed by atoms with Gasteiger partial charge in [-0.25, -0.2) is 4.98 Å². The van der Waals surface area contributed by atoms with Gasteiger partial charge in [0.2, 0.25) is 0 Å². The van der Waals surface area contributed by atoms with Gasteiger partial charge in [0, 0.05) is 26.2 Å². The van der Waals surface area contributed by atoms with Crippen LogP contribution in [0.4, 0.5) is 0 Å². The normalized spacial score (nSPS) is 15.8. The molecule has 2 aromatic rings. The first-order valence-electron chi connectivity index (χ1n) is 5.79. The fourth-order valence-electron chi connectivity index (χ4n) is 2.25. The van der Waals surface area contributed by atoms with Gasteiger partial charge in [-0.2, -0.15) is 0 Å². The number of hydrogen-bond donors (Lipinski definition) is 0. The first-order valence-corrected chi connectivity index (χ1v) is 6.58. The van der Waals surface area contributed by atoms with Crippen LogP contribution in [0.15, 0.2) is 41.3 Å². The Morgan fingerprint density at radius 3 is 2.82 bits per heavy atom. The molecule has 0 saturated carbocycles. The van der Waals surface area contributed by atoms with Gasteiger partial charge in [0.25, 0.3) is 0 Å². The van der Waals surface area contributed by atoms with Gasteiger partial charge in [-0.05, 0) is 21.5 Å². The maximum absolute atomic E-state index is 4.29. The summed E-state index contributed by atoms with van der Waals surface area (Å²) in [6, 6.07) is 10.6. The molecule has 17 heavy (non-hydrogen) atoms. The van der Waals surface area contributed by atoms with Crippen LogP contribution in [-0.4, -0.2) is 21.0 Å². The number of aromatic nitrogens is 2. The fraction of sp³-hybridized carbons (Fsp3) is 0.308. The Hall–Kier alpha value is -1.13. The minimum absolute atomic E-state index is 0.968. The first-order chi connectivity index (χ1) is 8.33. The molecule has 0 spiro atoms. The van der Waals surface area contributed by atoms with Crippen LogP contribution in [-0.2, 0) is 19.6 Å². The SMILES string of the molecule is Brc1ncn2c1CN(Cc1ccccc1)CC2. The van der Waals surface area contributed by atoms with Gasteiger partial charge in [-0.1, -0.05) is 30.3 Å². The van der Waals surface area contributed by atoms with Gasteiger partial charge in [-0.3, -0.25) is 4.90 Å². The van der Waals surface area contributed by atoms with Crippen molar-refractivity contribution in [3.8, 4) is 0 Å². The molecule has 1 aliphatic heterocycles. The average Bonchev–Trinajstić information content (AvgIpc) is 2.73. The van der Waals surface area contributed by atoms with Crippen LogP contribution in [0.2, 0.25) is 0 Å². The molecule has 0 radical (unpaired) electrons. The number of benzene rings is 1. The monoisotopic (exact) mass is 291 g/mol. The van der Waals surface area contributed by atoms with Crippen molar-refractivity contribution in [3.63, 3.8) is 0 Å². The van der Waals surface area contributed by atoms with Crippen LogP contribution in [0.25, 0.3) is 0 Å². The zero-order valence-corrected chi connectivity index (χ0v) is 11.1. The Bertz CT molecular complexity index is 507. The number of nitrogens with zero attached hydrogens (tertiary/aromatic N) is 3. The van der Waals surface area contributed by atoms with E-state index in [4.69, 9.17) is 0 Å². The topological polar surface area (TPSA) is 21.1 Å². The fourth-order valence-corrected chi connectivity index (χ4v) is 2.69. The van der Waals surface area contributed by atoms with E-state index in [1.54, 1.807) is 0 Å². The molecular formula is C13H14BrN3. The molecule has 0 aliphatic carbocycles. The largest absolute Gasteiger partial charge is 0.331 e. The molecule has 1 aliphatic rings. The quantitative estimate of drug-likeness (QED) is 0.848. The molecule has 0 atom stereocenters. The molecule has 0 fully saturated rings. The minimum Gasteiger partial charge on any atom is -0.331 e. The molecule has 1 aromatic heterocycles. The summed E-state index contributed by atoms with van der Waals surface area (Å²) < 4.78 is 3.21. The van der Waals surface area contributed by atoms with Gasteiger partial charge in [0.1, 0.15) is 4.60 Å². The third-order valence-corrected chi connectivity index (χ3v) is 3.84. The summed E-state index contributed by atoms with van der Waals surface area (Å²) >= 11 is 3.51. The molecule has 1 aromatic carbocycles. The number of fused-ring (bicyclic) bond motifs is 1. The molecule has 88 valence electrons. The molecular weight excluding hydrogens is 278 g/mol. The summed E-state index contributed by atoms with van der Waals surface area (Å²) in [4.78, 5) is 6.75. The van der Waals surface area contributed by atoms with Crippen LogP contribution in [0, 0.1) is 0 Å². The Kier molecular flexibility index (Phi) is 2.99. The van der Waals surface area contributed by atoms with E-state index in [0.29, 0.717) is 0 Å². The van der Waals surface area contributed by atoms with Crippen LogP contribution >= 0.6 is 15.9 Å². The maximum atomic E-state index is 4.29. The Morgan fingerprint density at radius 1 is 1.18 bits per heavy atom. The number of hydrogen-bond acceptors (Lipinski definition) is 2. The van der Waals surface area contributed by atoms with E-state index in [1.165, 1.54) is 11.3 Å². The van der Waals surface area contributed by atoms with Crippen molar-refractivity contribution in [1.29, 1.82) is 0 Å². The van der Waals surface area contributed by atoms with Gasteiger partial charge in [0.05, 0.1) is 12.0 Å². The summed E-state index contributed by atoms with van der Waals surface area (Å²) in [6.07, 6.45) is 1.92. The second-order valence-electron chi connectivity index (χ2n) is 4.37. The molecule has 2 heterocycles. The summed E-state index contributed by atoms with van der Waals surface area (Å²) in [6.45, 7) is 4.10.